The fraction of sp³-hybridized carbons (Fsp3) is 0.0526. The van der Waals surface area contributed by atoms with Crippen molar-refractivity contribution in [3.63, 3.8) is 0 Å². The molecule has 0 aliphatic carbocycles. The average molecular weight is 322 g/mol. The highest BCUT2D eigenvalue weighted by Crippen LogP contribution is 2.14. The van der Waals surface area contributed by atoms with Crippen LogP contribution in [0.4, 0.5) is 5.69 Å². The van der Waals surface area contributed by atoms with Gasteiger partial charge in [0.2, 0.25) is 0 Å². The van der Waals surface area contributed by atoms with E-state index in [4.69, 9.17) is 11.6 Å². The number of benzene rings is 2. The number of aromatic nitrogens is 1. The molecule has 2 aromatic carbocycles. The molecule has 0 saturated heterocycles. The molecule has 3 aromatic rings. The summed E-state index contributed by atoms with van der Waals surface area (Å²) in [6.45, 7) is 0. The van der Waals surface area contributed by atoms with Crippen LogP contribution in [0.15, 0.2) is 84.1 Å². The summed E-state index contributed by atoms with van der Waals surface area (Å²) in [6, 6.07) is 23.5. The molecule has 0 radical (unpaired) electrons. The molecule has 1 heterocycles. The highest BCUT2D eigenvalue weighted by Gasteiger charge is 2.06. The molecule has 114 valence electrons. The molecule has 4 heteroatoms. The summed E-state index contributed by atoms with van der Waals surface area (Å²) in [6.07, 6.45) is 2.45. The first kappa shape index (κ1) is 15.3. The smallest absolute Gasteiger partial charge is 0.0738 e. The predicted octanol–water partition coefficient (Wildman–Crippen LogP) is 4.79. The first-order valence-corrected chi connectivity index (χ1v) is 7.72. The summed E-state index contributed by atoms with van der Waals surface area (Å²) in [7, 11) is 0. The van der Waals surface area contributed by atoms with Crippen LogP contribution in [0.25, 0.3) is 0 Å². The van der Waals surface area contributed by atoms with Crippen LogP contribution in [0.5, 0.6) is 0 Å². The molecule has 0 fully saturated rings. The van der Waals surface area contributed by atoms with Crippen molar-refractivity contribution in [2.45, 2.75) is 6.42 Å². The molecule has 0 unspecified atom stereocenters. The lowest BCUT2D eigenvalue weighted by Gasteiger charge is -2.08. The van der Waals surface area contributed by atoms with Gasteiger partial charge in [0.25, 0.3) is 0 Å². The number of nitrogens with zero attached hydrogens (tertiary/aromatic N) is 2. The normalized spacial score (nSPS) is 11.3. The van der Waals surface area contributed by atoms with Crippen molar-refractivity contribution in [2.75, 3.05) is 5.43 Å². The van der Waals surface area contributed by atoms with Crippen LogP contribution in [-0.4, -0.2) is 10.7 Å². The lowest BCUT2D eigenvalue weighted by atomic mass is 10.1. The van der Waals surface area contributed by atoms with Crippen molar-refractivity contribution in [2.24, 2.45) is 5.10 Å². The van der Waals surface area contributed by atoms with Crippen molar-refractivity contribution in [3.8, 4) is 0 Å². The van der Waals surface area contributed by atoms with Crippen LogP contribution in [0, 0.1) is 0 Å². The van der Waals surface area contributed by atoms with E-state index in [1.807, 2.05) is 72.8 Å². The predicted molar refractivity (Wildman–Crippen MR) is 96.0 cm³/mol. The van der Waals surface area contributed by atoms with Crippen molar-refractivity contribution in [1.82, 2.24) is 4.98 Å². The van der Waals surface area contributed by atoms with Gasteiger partial charge in [-0.2, -0.15) is 5.10 Å². The van der Waals surface area contributed by atoms with Gasteiger partial charge in [0.15, 0.2) is 0 Å². The molecule has 0 saturated carbocycles. The monoisotopic (exact) mass is 321 g/mol. The maximum absolute atomic E-state index is 5.91. The molecule has 1 N–H and O–H groups in total. The highest BCUT2D eigenvalue weighted by atomic mass is 35.5. The van der Waals surface area contributed by atoms with Gasteiger partial charge in [0.05, 0.1) is 11.4 Å². The number of hydrogen-bond acceptors (Lipinski definition) is 3. The maximum Gasteiger partial charge on any atom is 0.0738 e. The zero-order valence-electron chi connectivity index (χ0n) is 12.5. The molecule has 0 bridgehead atoms. The Morgan fingerprint density at radius 3 is 2.35 bits per heavy atom. The SMILES string of the molecule is Clc1ccc(N/N=C(\Cc2ccccn2)c2ccccc2)cc1. The number of hydrazone groups is 1. The van der Waals surface area contributed by atoms with Crippen LogP contribution < -0.4 is 5.43 Å². The second-order valence-corrected chi connectivity index (χ2v) is 5.48. The van der Waals surface area contributed by atoms with Gasteiger partial charge in [-0.05, 0) is 42.0 Å². The molecule has 0 atom stereocenters. The van der Waals surface area contributed by atoms with E-state index in [9.17, 15) is 0 Å². The molecule has 1 aromatic heterocycles. The lowest BCUT2D eigenvalue weighted by molar-refractivity contribution is 1.13. The quantitative estimate of drug-likeness (QED) is 0.541. The van der Waals surface area contributed by atoms with Crippen LogP contribution >= 0.6 is 11.6 Å². The number of halogens is 1. The minimum Gasteiger partial charge on any atom is -0.278 e. The number of anilines is 1. The lowest BCUT2D eigenvalue weighted by Crippen LogP contribution is -2.09. The van der Waals surface area contributed by atoms with Gasteiger partial charge in [-0.25, -0.2) is 0 Å². The van der Waals surface area contributed by atoms with E-state index < -0.39 is 0 Å². The van der Waals surface area contributed by atoms with Crippen LogP contribution in [-0.2, 0) is 6.42 Å². The van der Waals surface area contributed by atoms with E-state index in [0.29, 0.717) is 11.4 Å². The van der Waals surface area contributed by atoms with Gasteiger partial charge >= 0.3 is 0 Å². The Bertz CT molecular complexity index is 769. The Balaban J connectivity index is 1.85. The Labute approximate surface area is 140 Å². The highest BCUT2D eigenvalue weighted by molar-refractivity contribution is 6.30. The summed E-state index contributed by atoms with van der Waals surface area (Å²) < 4.78 is 0. The third-order valence-corrected chi connectivity index (χ3v) is 3.60. The summed E-state index contributed by atoms with van der Waals surface area (Å²) in [5.74, 6) is 0. The number of hydrogen-bond donors (Lipinski definition) is 1. The third-order valence-electron chi connectivity index (χ3n) is 3.35. The largest absolute Gasteiger partial charge is 0.278 e. The zero-order chi connectivity index (χ0) is 15.9. The van der Waals surface area contributed by atoms with Gasteiger partial charge < -0.3 is 0 Å². The van der Waals surface area contributed by atoms with Gasteiger partial charge in [0.1, 0.15) is 0 Å². The summed E-state index contributed by atoms with van der Waals surface area (Å²) in [4.78, 5) is 4.38. The molecular formula is C19H16ClN3. The van der Waals surface area contributed by atoms with Crippen molar-refractivity contribution in [1.29, 1.82) is 0 Å². The maximum atomic E-state index is 5.91. The van der Waals surface area contributed by atoms with Crippen molar-refractivity contribution < 1.29 is 0 Å². The molecule has 3 rings (SSSR count). The third kappa shape index (κ3) is 4.41. The molecule has 23 heavy (non-hydrogen) atoms. The van der Waals surface area contributed by atoms with Crippen molar-refractivity contribution in [3.05, 3.63) is 95.3 Å². The zero-order valence-corrected chi connectivity index (χ0v) is 13.2. The standard InChI is InChI=1S/C19H16ClN3/c20-16-9-11-17(12-10-16)22-23-19(15-6-2-1-3-7-15)14-18-8-4-5-13-21-18/h1-13,22H,14H2/b23-19+. The summed E-state index contributed by atoms with van der Waals surface area (Å²) in [5, 5.41) is 5.28. The Morgan fingerprint density at radius 2 is 1.65 bits per heavy atom. The number of pyridine rings is 1. The minimum atomic E-state index is 0.658. The first-order valence-electron chi connectivity index (χ1n) is 7.35. The Morgan fingerprint density at radius 1 is 0.913 bits per heavy atom. The summed E-state index contributed by atoms with van der Waals surface area (Å²) >= 11 is 5.91. The van der Waals surface area contributed by atoms with Crippen LogP contribution in [0.2, 0.25) is 5.02 Å². The first-order chi connectivity index (χ1) is 11.3. The van der Waals surface area contributed by atoms with Crippen LogP contribution in [0.3, 0.4) is 0 Å². The molecule has 0 aliphatic heterocycles. The van der Waals surface area contributed by atoms with E-state index >= 15 is 0 Å². The van der Waals surface area contributed by atoms with Gasteiger partial charge in [0, 0.05) is 23.3 Å². The fourth-order valence-corrected chi connectivity index (χ4v) is 2.29. The van der Waals surface area contributed by atoms with E-state index in [1.165, 1.54) is 0 Å². The van der Waals surface area contributed by atoms with Gasteiger partial charge in [-0.3, -0.25) is 10.4 Å². The molecule has 0 amide bonds. The number of nitrogens with one attached hydrogen (secondary N) is 1. The molecule has 3 nitrogen and oxygen atoms in total. The Kier molecular flexibility index (Phi) is 5.02. The number of rotatable bonds is 5. The van der Waals surface area contributed by atoms with E-state index in [0.717, 1.165) is 22.7 Å². The average Bonchev–Trinajstić information content (AvgIpc) is 2.61. The molecule has 0 aliphatic rings. The van der Waals surface area contributed by atoms with E-state index in [-0.39, 0.29) is 0 Å². The minimum absolute atomic E-state index is 0.658. The molecular weight excluding hydrogens is 306 g/mol. The van der Waals surface area contributed by atoms with E-state index in [1.54, 1.807) is 6.20 Å². The summed E-state index contributed by atoms with van der Waals surface area (Å²) in [5.41, 5.74) is 6.96. The van der Waals surface area contributed by atoms with E-state index in [2.05, 4.69) is 15.5 Å². The van der Waals surface area contributed by atoms with Crippen molar-refractivity contribution >= 4 is 23.0 Å². The van der Waals surface area contributed by atoms with Gasteiger partial charge in [-0.15, -0.1) is 0 Å². The van der Waals surface area contributed by atoms with Gasteiger partial charge in [-0.1, -0.05) is 48.0 Å². The second-order valence-electron chi connectivity index (χ2n) is 5.04. The Hall–Kier alpha value is -2.65. The fourth-order valence-electron chi connectivity index (χ4n) is 2.17. The topological polar surface area (TPSA) is 37.3 Å². The molecule has 0 spiro atoms. The second kappa shape index (κ2) is 7.56. The van der Waals surface area contributed by atoms with Crippen LogP contribution in [0.1, 0.15) is 11.3 Å².